The molecule has 0 bridgehead atoms. The molecule has 0 amide bonds. The van der Waals surface area contributed by atoms with Crippen molar-refractivity contribution in [2.45, 2.75) is 30.2 Å². The van der Waals surface area contributed by atoms with Crippen molar-refractivity contribution in [2.75, 3.05) is 13.7 Å². The quantitative estimate of drug-likeness (QED) is 0.784. The Labute approximate surface area is 113 Å². The molecule has 1 aromatic rings. The molecule has 1 aliphatic rings. The molecule has 0 spiro atoms. The molecule has 1 aliphatic heterocycles. The van der Waals surface area contributed by atoms with Gasteiger partial charge in [0.2, 0.25) is 10.0 Å². The summed E-state index contributed by atoms with van der Waals surface area (Å²) in [6, 6.07) is 5.77. The van der Waals surface area contributed by atoms with Gasteiger partial charge in [-0.3, -0.25) is 0 Å². The maximum absolute atomic E-state index is 12.5. The second-order valence-corrected chi connectivity index (χ2v) is 6.38. The van der Waals surface area contributed by atoms with E-state index >= 15 is 0 Å². The monoisotopic (exact) mass is 283 g/mol. The van der Waals surface area contributed by atoms with Gasteiger partial charge in [0.25, 0.3) is 0 Å². The fourth-order valence-corrected chi connectivity index (χ4v) is 3.93. The third kappa shape index (κ3) is 2.79. The van der Waals surface area contributed by atoms with Gasteiger partial charge in [-0.15, -0.1) is 0 Å². The fourth-order valence-electron chi connectivity index (χ4n) is 2.26. The summed E-state index contributed by atoms with van der Waals surface area (Å²) in [6.45, 7) is 0.392. The van der Waals surface area contributed by atoms with Crippen LogP contribution in [0.3, 0.4) is 0 Å². The van der Waals surface area contributed by atoms with Crippen molar-refractivity contribution in [3.63, 3.8) is 0 Å². The van der Waals surface area contributed by atoms with Gasteiger partial charge in [0.05, 0.1) is 18.0 Å². The predicted octanol–water partition coefficient (Wildman–Crippen LogP) is 1.44. The van der Waals surface area contributed by atoms with E-state index in [1.54, 1.807) is 12.1 Å². The highest BCUT2D eigenvalue weighted by Crippen LogP contribution is 2.26. The van der Waals surface area contributed by atoms with Crippen LogP contribution in [-0.4, -0.2) is 38.7 Å². The second kappa shape index (κ2) is 5.71. The Hall–Kier alpha value is -1.40. The predicted molar refractivity (Wildman–Crippen MR) is 70.6 cm³/mol. The number of rotatable bonds is 4. The Morgan fingerprint density at radius 3 is 2.84 bits per heavy atom. The minimum absolute atomic E-state index is 0.167. The number of aldehydes is 1. The number of ether oxygens (including phenoxy) is 1. The van der Waals surface area contributed by atoms with Crippen LogP contribution in [0.25, 0.3) is 0 Å². The zero-order chi connectivity index (χ0) is 13.9. The average molecular weight is 283 g/mol. The van der Waals surface area contributed by atoms with E-state index in [0.29, 0.717) is 18.7 Å². The van der Waals surface area contributed by atoms with Crippen LogP contribution in [0.4, 0.5) is 0 Å². The first-order chi connectivity index (χ1) is 9.09. The van der Waals surface area contributed by atoms with E-state index in [9.17, 15) is 13.2 Å². The van der Waals surface area contributed by atoms with E-state index in [4.69, 9.17) is 4.74 Å². The highest BCUT2D eigenvalue weighted by molar-refractivity contribution is 7.89. The van der Waals surface area contributed by atoms with Gasteiger partial charge in [0, 0.05) is 12.6 Å². The van der Waals surface area contributed by atoms with Gasteiger partial charge in [-0.25, -0.2) is 8.42 Å². The smallest absolute Gasteiger partial charge is 0.243 e. The standard InChI is InChI=1S/C13H17NO4S/c1-18-12-6-4-7-13(9-12)19(16,17)14-8-3-2-5-11(14)10-15/h4,6-7,9-11H,2-3,5,8H2,1H3. The number of benzene rings is 1. The normalized spacial score (nSPS) is 21.0. The van der Waals surface area contributed by atoms with Gasteiger partial charge in [0.15, 0.2) is 0 Å². The zero-order valence-corrected chi connectivity index (χ0v) is 11.6. The average Bonchev–Trinajstić information content (AvgIpc) is 2.47. The first kappa shape index (κ1) is 14.0. The number of hydrogen-bond acceptors (Lipinski definition) is 4. The summed E-state index contributed by atoms with van der Waals surface area (Å²) in [5.41, 5.74) is 0. The Morgan fingerprint density at radius 1 is 1.37 bits per heavy atom. The lowest BCUT2D eigenvalue weighted by Crippen LogP contribution is -2.44. The maximum atomic E-state index is 12.5. The summed E-state index contributed by atoms with van der Waals surface area (Å²) < 4.78 is 31.4. The van der Waals surface area contributed by atoms with E-state index in [1.807, 2.05) is 0 Å². The summed E-state index contributed by atoms with van der Waals surface area (Å²) in [5, 5.41) is 0. The van der Waals surface area contributed by atoms with Crippen LogP contribution in [0.1, 0.15) is 19.3 Å². The van der Waals surface area contributed by atoms with Crippen LogP contribution >= 0.6 is 0 Å². The van der Waals surface area contributed by atoms with Crippen LogP contribution in [0, 0.1) is 0 Å². The Bertz CT molecular complexity index is 556. The summed E-state index contributed by atoms with van der Waals surface area (Å²) in [6.07, 6.45) is 2.98. The van der Waals surface area contributed by atoms with Gasteiger partial charge in [0.1, 0.15) is 12.0 Å². The molecule has 5 nitrogen and oxygen atoms in total. The summed E-state index contributed by atoms with van der Waals surface area (Å²) in [4.78, 5) is 11.2. The molecular weight excluding hydrogens is 266 g/mol. The van der Waals surface area contributed by atoms with Gasteiger partial charge in [-0.1, -0.05) is 12.5 Å². The van der Waals surface area contributed by atoms with Crippen LogP contribution < -0.4 is 4.74 Å². The molecule has 1 atom stereocenters. The Balaban J connectivity index is 2.37. The zero-order valence-electron chi connectivity index (χ0n) is 10.8. The van der Waals surface area contributed by atoms with Crippen LogP contribution in [0.15, 0.2) is 29.2 Å². The first-order valence-corrected chi connectivity index (χ1v) is 7.65. The Kier molecular flexibility index (Phi) is 4.21. The third-order valence-electron chi connectivity index (χ3n) is 3.30. The number of carbonyl (C=O) groups is 1. The molecule has 6 heteroatoms. The SMILES string of the molecule is COc1cccc(S(=O)(=O)N2CCCCC2C=O)c1. The van der Waals surface area contributed by atoms with Crippen molar-refractivity contribution < 1.29 is 17.9 Å². The highest BCUT2D eigenvalue weighted by atomic mass is 32.2. The van der Waals surface area contributed by atoms with Gasteiger partial charge in [-0.2, -0.15) is 4.31 Å². The Morgan fingerprint density at radius 2 is 2.16 bits per heavy atom. The third-order valence-corrected chi connectivity index (χ3v) is 5.22. The minimum atomic E-state index is -3.63. The van der Waals surface area contributed by atoms with Crippen LogP contribution in [-0.2, 0) is 14.8 Å². The van der Waals surface area contributed by atoms with Crippen molar-refractivity contribution in [2.24, 2.45) is 0 Å². The topological polar surface area (TPSA) is 63.7 Å². The molecule has 19 heavy (non-hydrogen) atoms. The van der Waals surface area contributed by atoms with Gasteiger partial charge >= 0.3 is 0 Å². The highest BCUT2D eigenvalue weighted by Gasteiger charge is 2.33. The van der Waals surface area contributed by atoms with E-state index in [-0.39, 0.29) is 4.90 Å². The summed E-state index contributed by atoms with van der Waals surface area (Å²) in [5.74, 6) is 0.487. The molecule has 0 radical (unpaired) electrons. The van der Waals surface area contributed by atoms with Crippen molar-refractivity contribution in [3.8, 4) is 5.75 Å². The fraction of sp³-hybridized carbons (Fsp3) is 0.462. The van der Waals surface area contributed by atoms with E-state index in [0.717, 1.165) is 19.1 Å². The van der Waals surface area contributed by atoms with E-state index in [2.05, 4.69) is 0 Å². The lowest BCUT2D eigenvalue weighted by atomic mass is 10.1. The number of nitrogens with zero attached hydrogens (tertiary/aromatic N) is 1. The van der Waals surface area contributed by atoms with Crippen molar-refractivity contribution >= 4 is 16.3 Å². The van der Waals surface area contributed by atoms with Gasteiger partial charge < -0.3 is 9.53 Å². The summed E-state index contributed by atoms with van der Waals surface area (Å²) in [7, 11) is -2.15. The van der Waals surface area contributed by atoms with Crippen molar-refractivity contribution in [1.82, 2.24) is 4.31 Å². The molecule has 2 rings (SSSR count). The molecule has 0 aliphatic carbocycles. The largest absolute Gasteiger partial charge is 0.497 e. The number of piperidine rings is 1. The minimum Gasteiger partial charge on any atom is -0.497 e. The van der Waals surface area contributed by atoms with Gasteiger partial charge in [-0.05, 0) is 25.0 Å². The van der Waals surface area contributed by atoms with Crippen molar-refractivity contribution in [3.05, 3.63) is 24.3 Å². The number of carbonyl (C=O) groups excluding carboxylic acids is 1. The van der Waals surface area contributed by atoms with E-state index < -0.39 is 16.1 Å². The molecular formula is C13H17NO4S. The molecule has 0 N–H and O–H groups in total. The van der Waals surface area contributed by atoms with Crippen molar-refractivity contribution in [1.29, 1.82) is 0 Å². The lowest BCUT2D eigenvalue weighted by molar-refractivity contribution is -0.111. The van der Waals surface area contributed by atoms with E-state index in [1.165, 1.54) is 23.5 Å². The number of methoxy groups -OCH3 is 1. The molecule has 1 saturated heterocycles. The molecule has 1 aromatic carbocycles. The molecule has 0 aromatic heterocycles. The first-order valence-electron chi connectivity index (χ1n) is 6.21. The molecule has 0 saturated carbocycles. The number of sulfonamides is 1. The number of hydrogen-bond donors (Lipinski definition) is 0. The second-order valence-electron chi connectivity index (χ2n) is 4.49. The molecule has 1 unspecified atom stereocenters. The van der Waals surface area contributed by atoms with Crippen LogP contribution in [0.5, 0.6) is 5.75 Å². The summed E-state index contributed by atoms with van der Waals surface area (Å²) >= 11 is 0. The van der Waals surface area contributed by atoms with Crippen LogP contribution in [0.2, 0.25) is 0 Å². The molecule has 1 fully saturated rings. The molecule has 104 valence electrons. The molecule has 1 heterocycles. The maximum Gasteiger partial charge on any atom is 0.243 e. The lowest BCUT2D eigenvalue weighted by Gasteiger charge is -2.31.